The molecule has 4 nitrogen and oxygen atoms in total. The zero-order valence-electron chi connectivity index (χ0n) is 14.5. The second kappa shape index (κ2) is 7.25. The largest absolute Gasteiger partial charge is 0.356 e. The fraction of sp³-hybridized carbons (Fsp3) is 0.300. The molecule has 3 heterocycles. The molecule has 3 aromatic rings. The Morgan fingerprint density at radius 3 is 2.85 bits per heavy atom. The van der Waals surface area contributed by atoms with Crippen LogP contribution in [-0.4, -0.2) is 24.0 Å². The highest BCUT2D eigenvalue weighted by atomic mass is 35.5. The molecule has 26 heavy (non-hydrogen) atoms. The second-order valence-electron chi connectivity index (χ2n) is 6.68. The molecule has 4 rings (SSSR count). The average molecular weight is 386 g/mol. The van der Waals surface area contributed by atoms with E-state index in [1.807, 2.05) is 25.3 Å². The van der Waals surface area contributed by atoms with Crippen LogP contribution in [0, 0.1) is 12.8 Å². The van der Waals surface area contributed by atoms with Gasteiger partial charge in [0.15, 0.2) is 0 Å². The first-order chi connectivity index (χ1) is 12.6. The first kappa shape index (κ1) is 17.3. The van der Waals surface area contributed by atoms with E-state index in [2.05, 4.69) is 32.7 Å². The molecule has 6 heteroatoms. The van der Waals surface area contributed by atoms with Crippen LogP contribution < -0.4 is 10.2 Å². The molecule has 0 radical (unpaired) electrons. The lowest BCUT2D eigenvalue weighted by atomic mass is 9.95. The number of pyridine rings is 1. The number of anilines is 2. The first-order valence-electron chi connectivity index (χ1n) is 8.76. The van der Waals surface area contributed by atoms with E-state index >= 15 is 0 Å². The van der Waals surface area contributed by atoms with Crippen molar-refractivity contribution in [3.05, 3.63) is 52.5 Å². The van der Waals surface area contributed by atoms with Crippen molar-refractivity contribution in [2.24, 2.45) is 5.92 Å². The van der Waals surface area contributed by atoms with Crippen molar-refractivity contribution >= 4 is 50.4 Å². The van der Waals surface area contributed by atoms with Crippen molar-refractivity contribution in [1.82, 2.24) is 4.98 Å². The topological polar surface area (TPSA) is 45.2 Å². The lowest BCUT2D eigenvalue weighted by Crippen LogP contribution is -2.38. The smallest absolute Gasteiger partial charge is 0.227 e. The number of aryl methyl sites for hydroxylation is 1. The predicted molar refractivity (Wildman–Crippen MR) is 109 cm³/mol. The summed E-state index contributed by atoms with van der Waals surface area (Å²) >= 11 is 7.72. The van der Waals surface area contributed by atoms with Gasteiger partial charge in [-0.1, -0.05) is 11.6 Å². The SMILES string of the molecule is Cc1cc(Cl)ccc1NC(=O)C1CCN(c2nccc3sccc23)CC1. The van der Waals surface area contributed by atoms with Crippen LogP contribution in [0.25, 0.3) is 10.1 Å². The van der Waals surface area contributed by atoms with Gasteiger partial charge in [-0.15, -0.1) is 11.3 Å². The lowest BCUT2D eigenvalue weighted by molar-refractivity contribution is -0.120. The molecule has 2 aromatic heterocycles. The van der Waals surface area contributed by atoms with Crippen LogP contribution in [-0.2, 0) is 4.79 Å². The summed E-state index contributed by atoms with van der Waals surface area (Å²) in [5, 5.41) is 7.05. The van der Waals surface area contributed by atoms with Crippen molar-refractivity contribution in [2.75, 3.05) is 23.3 Å². The number of hydrogen-bond donors (Lipinski definition) is 1. The van der Waals surface area contributed by atoms with Gasteiger partial charge in [-0.25, -0.2) is 4.98 Å². The molecule has 1 amide bonds. The number of carbonyl (C=O) groups is 1. The number of halogens is 1. The molecule has 0 spiro atoms. The van der Waals surface area contributed by atoms with Crippen molar-refractivity contribution in [3.63, 3.8) is 0 Å². The molecule has 134 valence electrons. The standard InChI is InChI=1S/C20H20ClN3OS/c1-13-12-15(21)2-3-17(13)23-20(25)14-5-9-24(10-6-14)19-16-7-11-26-18(16)4-8-22-19/h2-4,7-8,11-12,14H,5-6,9-10H2,1H3,(H,23,25). The molecule has 1 aliphatic rings. The molecule has 1 aliphatic heterocycles. The van der Waals surface area contributed by atoms with E-state index in [4.69, 9.17) is 11.6 Å². The fourth-order valence-electron chi connectivity index (χ4n) is 3.49. The predicted octanol–water partition coefficient (Wildman–Crippen LogP) is 5.11. The summed E-state index contributed by atoms with van der Waals surface area (Å²) in [6, 6.07) is 9.72. The third-order valence-electron chi connectivity index (χ3n) is 4.97. The van der Waals surface area contributed by atoms with Crippen LogP contribution in [0.5, 0.6) is 0 Å². The zero-order valence-corrected chi connectivity index (χ0v) is 16.1. The number of aromatic nitrogens is 1. The number of carbonyl (C=O) groups excluding carboxylic acids is 1. The summed E-state index contributed by atoms with van der Waals surface area (Å²) in [6.07, 6.45) is 3.54. The van der Waals surface area contributed by atoms with E-state index < -0.39 is 0 Å². The number of nitrogens with one attached hydrogen (secondary N) is 1. The maximum Gasteiger partial charge on any atom is 0.227 e. The van der Waals surface area contributed by atoms with Gasteiger partial charge in [-0.3, -0.25) is 4.79 Å². The van der Waals surface area contributed by atoms with Gasteiger partial charge < -0.3 is 10.2 Å². The Kier molecular flexibility index (Phi) is 4.83. The molecule has 0 bridgehead atoms. The van der Waals surface area contributed by atoms with Crippen LogP contribution in [0.1, 0.15) is 18.4 Å². The van der Waals surface area contributed by atoms with Gasteiger partial charge in [0.2, 0.25) is 5.91 Å². The summed E-state index contributed by atoms with van der Waals surface area (Å²) in [4.78, 5) is 19.5. The summed E-state index contributed by atoms with van der Waals surface area (Å²) in [7, 11) is 0. The quantitative estimate of drug-likeness (QED) is 0.681. The van der Waals surface area contributed by atoms with Crippen LogP contribution in [0.3, 0.4) is 0 Å². The van der Waals surface area contributed by atoms with Crippen molar-refractivity contribution in [3.8, 4) is 0 Å². The molecule has 0 unspecified atom stereocenters. The van der Waals surface area contributed by atoms with Crippen molar-refractivity contribution < 1.29 is 4.79 Å². The summed E-state index contributed by atoms with van der Waals surface area (Å²) in [5.41, 5.74) is 1.82. The van der Waals surface area contributed by atoms with Crippen LogP contribution in [0.2, 0.25) is 5.02 Å². The fourth-order valence-corrected chi connectivity index (χ4v) is 4.49. The van der Waals surface area contributed by atoms with E-state index in [1.54, 1.807) is 17.4 Å². The Labute approximate surface area is 161 Å². The minimum Gasteiger partial charge on any atom is -0.356 e. The molecular weight excluding hydrogens is 366 g/mol. The van der Waals surface area contributed by atoms with Gasteiger partial charge in [0.05, 0.1) is 0 Å². The minimum atomic E-state index is 0.0306. The number of benzene rings is 1. The monoisotopic (exact) mass is 385 g/mol. The number of fused-ring (bicyclic) bond motifs is 1. The third kappa shape index (κ3) is 3.41. The molecule has 1 aromatic carbocycles. The molecule has 1 saturated heterocycles. The molecule has 0 atom stereocenters. The average Bonchev–Trinajstić information content (AvgIpc) is 3.13. The molecule has 1 N–H and O–H groups in total. The summed E-state index contributed by atoms with van der Waals surface area (Å²) in [5.74, 6) is 1.16. The van der Waals surface area contributed by atoms with E-state index in [9.17, 15) is 4.79 Å². The van der Waals surface area contributed by atoms with Crippen LogP contribution >= 0.6 is 22.9 Å². The van der Waals surface area contributed by atoms with Gasteiger partial charge in [-0.05, 0) is 61.0 Å². The van der Waals surface area contributed by atoms with E-state index in [0.717, 1.165) is 43.0 Å². The molecule has 0 saturated carbocycles. The minimum absolute atomic E-state index is 0.0306. The highest BCUT2D eigenvalue weighted by molar-refractivity contribution is 7.17. The number of piperidine rings is 1. The number of rotatable bonds is 3. The summed E-state index contributed by atoms with van der Waals surface area (Å²) < 4.78 is 1.26. The van der Waals surface area contributed by atoms with Gasteiger partial charge in [0.1, 0.15) is 5.82 Å². The molecule has 0 aliphatic carbocycles. The van der Waals surface area contributed by atoms with E-state index in [-0.39, 0.29) is 11.8 Å². The highest BCUT2D eigenvalue weighted by Gasteiger charge is 2.26. The van der Waals surface area contributed by atoms with Crippen molar-refractivity contribution in [1.29, 1.82) is 0 Å². The second-order valence-corrected chi connectivity index (χ2v) is 8.06. The van der Waals surface area contributed by atoms with Crippen molar-refractivity contribution in [2.45, 2.75) is 19.8 Å². The van der Waals surface area contributed by atoms with Gasteiger partial charge in [0.25, 0.3) is 0 Å². The van der Waals surface area contributed by atoms with E-state index in [0.29, 0.717) is 5.02 Å². The Bertz CT molecular complexity index is 947. The number of thiophene rings is 1. The summed E-state index contributed by atoms with van der Waals surface area (Å²) in [6.45, 7) is 3.65. The number of hydrogen-bond acceptors (Lipinski definition) is 4. The number of amides is 1. The van der Waals surface area contributed by atoms with Crippen LogP contribution in [0.4, 0.5) is 11.5 Å². The maximum atomic E-state index is 12.6. The Morgan fingerprint density at radius 2 is 2.08 bits per heavy atom. The number of nitrogens with zero attached hydrogens (tertiary/aromatic N) is 2. The van der Waals surface area contributed by atoms with Gasteiger partial charge >= 0.3 is 0 Å². The Morgan fingerprint density at radius 1 is 1.27 bits per heavy atom. The lowest BCUT2D eigenvalue weighted by Gasteiger charge is -2.32. The molecular formula is C20H20ClN3OS. The maximum absolute atomic E-state index is 12.6. The third-order valence-corrected chi connectivity index (χ3v) is 6.09. The van der Waals surface area contributed by atoms with E-state index in [1.165, 1.54) is 10.1 Å². The normalized spacial score (nSPS) is 15.4. The Balaban J connectivity index is 1.41. The Hall–Kier alpha value is -2.11. The van der Waals surface area contributed by atoms with Crippen LogP contribution in [0.15, 0.2) is 41.9 Å². The van der Waals surface area contributed by atoms with Gasteiger partial charge in [0, 0.05) is 46.0 Å². The van der Waals surface area contributed by atoms with Gasteiger partial charge in [-0.2, -0.15) is 0 Å². The first-order valence-corrected chi connectivity index (χ1v) is 10.0. The molecule has 1 fully saturated rings. The highest BCUT2D eigenvalue weighted by Crippen LogP contribution is 2.31. The zero-order chi connectivity index (χ0) is 18.1.